The average molecular weight is 343 g/mol. The van der Waals surface area contributed by atoms with Crippen LogP contribution in [0.15, 0.2) is 28.8 Å². The number of hydrogen-bond donors (Lipinski definition) is 1. The standard InChI is InChI=1S/C19H25N3O3/c1-14-20-18(25-21-14)11-19(23)9-4-10-22(13-19)12-15-5-2-3-6-17(15)24-16-7-8-16/h2-3,5-6,16,23H,4,7-13H2,1H3. The predicted molar refractivity (Wildman–Crippen MR) is 92.3 cm³/mol. The maximum Gasteiger partial charge on any atom is 0.229 e. The fourth-order valence-corrected chi connectivity index (χ4v) is 3.53. The van der Waals surface area contributed by atoms with Gasteiger partial charge in [0.05, 0.1) is 18.1 Å². The number of hydrogen-bond acceptors (Lipinski definition) is 6. The van der Waals surface area contributed by atoms with E-state index >= 15 is 0 Å². The highest BCUT2D eigenvalue weighted by atomic mass is 16.5. The molecule has 6 heteroatoms. The first-order valence-electron chi connectivity index (χ1n) is 9.08. The summed E-state index contributed by atoms with van der Waals surface area (Å²) in [6.45, 7) is 4.16. The minimum Gasteiger partial charge on any atom is -0.490 e. The Kier molecular flexibility index (Phi) is 4.48. The van der Waals surface area contributed by atoms with Gasteiger partial charge in [0.25, 0.3) is 0 Å². The number of ether oxygens (including phenoxy) is 1. The largest absolute Gasteiger partial charge is 0.490 e. The summed E-state index contributed by atoms with van der Waals surface area (Å²) < 4.78 is 11.2. The van der Waals surface area contributed by atoms with Crippen molar-refractivity contribution in [2.75, 3.05) is 13.1 Å². The van der Waals surface area contributed by atoms with Gasteiger partial charge in [-0.25, -0.2) is 0 Å². The van der Waals surface area contributed by atoms with Crippen molar-refractivity contribution in [2.45, 2.75) is 57.3 Å². The van der Waals surface area contributed by atoms with Gasteiger partial charge in [0.2, 0.25) is 5.89 Å². The summed E-state index contributed by atoms with van der Waals surface area (Å²) in [4.78, 5) is 6.53. The molecule has 1 N–H and O–H groups in total. The first-order valence-corrected chi connectivity index (χ1v) is 9.08. The number of aliphatic hydroxyl groups is 1. The van der Waals surface area contributed by atoms with Crippen LogP contribution in [0.5, 0.6) is 5.75 Å². The number of β-amino-alcohol motifs (C(OH)–C–C–N with tert-alkyl or cyclic N) is 1. The number of aryl methyl sites for hydroxylation is 1. The van der Waals surface area contributed by atoms with Crippen molar-refractivity contribution in [1.82, 2.24) is 15.0 Å². The van der Waals surface area contributed by atoms with Crippen molar-refractivity contribution in [3.8, 4) is 5.75 Å². The highest BCUT2D eigenvalue weighted by Gasteiger charge is 2.35. The molecule has 0 bridgehead atoms. The molecule has 25 heavy (non-hydrogen) atoms. The average Bonchev–Trinajstić information content (AvgIpc) is 3.30. The van der Waals surface area contributed by atoms with Crippen LogP contribution in [-0.4, -0.2) is 44.9 Å². The lowest BCUT2D eigenvalue weighted by Gasteiger charge is -2.38. The summed E-state index contributed by atoms with van der Waals surface area (Å²) in [6.07, 6.45) is 4.81. The minimum atomic E-state index is -0.816. The van der Waals surface area contributed by atoms with E-state index < -0.39 is 5.60 Å². The van der Waals surface area contributed by atoms with Crippen molar-refractivity contribution in [2.24, 2.45) is 0 Å². The second-order valence-electron chi connectivity index (χ2n) is 7.38. The van der Waals surface area contributed by atoms with Gasteiger partial charge in [-0.05, 0) is 45.2 Å². The lowest BCUT2D eigenvalue weighted by molar-refractivity contribution is -0.0375. The Labute approximate surface area is 147 Å². The molecule has 2 heterocycles. The molecule has 2 fully saturated rings. The minimum absolute atomic E-state index is 0.389. The Hall–Kier alpha value is -1.92. The molecule has 1 saturated carbocycles. The molecule has 0 amide bonds. The third kappa shape index (κ3) is 4.19. The Balaban J connectivity index is 1.42. The molecule has 1 aromatic carbocycles. The summed E-state index contributed by atoms with van der Waals surface area (Å²) in [5, 5.41) is 14.8. The van der Waals surface area contributed by atoms with E-state index in [4.69, 9.17) is 9.26 Å². The molecule has 1 aliphatic heterocycles. The van der Waals surface area contributed by atoms with Crippen LogP contribution < -0.4 is 4.74 Å². The molecule has 1 aromatic heterocycles. The van der Waals surface area contributed by atoms with E-state index in [0.29, 0.717) is 30.8 Å². The predicted octanol–water partition coefficient (Wildman–Crippen LogP) is 2.49. The number of piperidine rings is 1. The van der Waals surface area contributed by atoms with Crippen LogP contribution >= 0.6 is 0 Å². The molecule has 2 aromatic rings. The van der Waals surface area contributed by atoms with Gasteiger partial charge in [-0.15, -0.1) is 0 Å². The van der Waals surface area contributed by atoms with Crippen LogP contribution in [0.25, 0.3) is 0 Å². The molecular weight excluding hydrogens is 318 g/mol. The van der Waals surface area contributed by atoms with E-state index in [0.717, 1.165) is 44.5 Å². The SMILES string of the molecule is Cc1noc(CC2(O)CCCN(Cc3ccccc3OC3CC3)C2)n1. The van der Waals surface area contributed by atoms with Crippen molar-refractivity contribution < 1.29 is 14.4 Å². The van der Waals surface area contributed by atoms with Crippen molar-refractivity contribution >= 4 is 0 Å². The quantitative estimate of drug-likeness (QED) is 0.869. The van der Waals surface area contributed by atoms with Gasteiger partial charge in [0.15, 0.2) is 5.82 Å². The number of para-hydroxylation sites is 1. The normalized spacial score (nSPS) is 24.4. The summed E-state index contributed by atoms with van der Waals surface area (Å²) in [5.41, 5.74) is 0.371. The van der Waals surface area contributed by atoms with Crippen LogP contribution in [-0.2, 0) is 13.0 Å². The molecule has 2 aliphatic rings. The molecule has 134 valence electrons. The van der Waals surface area contributed by atoms with Gasteiger partial charge in [0, 0.05) is 18.7 Å². The van der Waals surface area contributed by atoms with E-state index in [1.165, 1.54) is 5.56 Å². The Morgan fingerprint density at radius 2 is 2.20 bits per heavy atom. The Morgan fingerprint density at radius 1 is 1.36 bits per heavy atom. The monoisotopic (exact) mass is 343 g/mol. The van der Waals surface area contributed by atoms with Crippen LogP contribution in [0.2, 0.25) is 0 Å². The lowest BCUT2D eigenvalue weighted by Crippen LogP contribution is -2.49. The smallest absolute Gasteiger partial charge is 0.229 e. The van der Waals surface area contributed by atoms with Gasteiger partial charge >= 0.3 is 0 Å². The van der Waals surface area contributed by atoms with Crippen LogP contribution in [0, 0.1) is 6.92 Å². The molecule has 1 atom stereocenters. The number of nitrogens with zero attached hydrogens (tertiary/aromatic N) is 3. The highest BCUT2D eigenvalue weighted by Crippen LogP contribution is 2.31. The second-order valence-corrected chi connectivity index (χ2v) is 7.38. The van der Waals surface area contributed by atoms with Crippen LogP contribution in [0.1, 0.15) is 43.0 Å². The first-order chi connectivity index (χ1) is 12.1. The van der Waals surface area contributed by atoms with Gasteiger partial charge in [-0.2, -0.15) is 4.98 Å². The van der Waals surface area contributed by atoms with Crippen LogP contribution in [0.3, 0.4) is 0 Å². The molecule has 6 nitrogen and oxygen atoms in total. The van der Waals surface area contributed by atoms with Crippen LogP contribution in [0.4, 0.5) is 0 Å². The number of aromatic nitrogens is 2. The van der Waals surface area contributed by atoms with Crippen molar-refractivity contribution in [1.29, 1.82) is 0 Å². The zero-order chi connectivity index (χ0) is 17.3. The van der Waals surface area contributed by atoms with Gasteiger partial charge in [0.1, 0.15) is 5.75 Å². The maximum absolute atomic E-state index is 11.0. The highest BCUT2D eigenvalue weighted by molar-refractivity contribution is 5.33. The first kappa shape index (κ1) is 16.5. The van der Waals surface area contributed by atoms with E-state index in [-0.39, 0.29) is 0 Å². The Morgan fingerprint density at radius 3 is 2.96 bits per heavy atom. The van der Waals surface area contributed by atoms with E-state index in [2.05, 4.69) is 21.1 Å². The summed E-state index contributed by atoms with van der Waals surface area (Å²) in [6, 6.07) is 8.23. The van der Waals surface area contributed by atoms with E-state index in [9.17, 15) is 5.11 Å². The third-order valence-electron chi connectivity index (χ3n) is 4.87. The Bertz CT molecular complexity index is 728. The maximum atomic E-state index is 11.0. The van der Waals surface area contributed by atoms with Gasteiger partial charge < -0.3 is 14.4 Å². The fourth-order valence-electron chi connectivity index (χ4n) is 3.53. The summed E-state index contributed by atoms with van der Waals surface area (Å²) in [7, 11) is 0. The zero-order valence-corrected chi connectivity index (χ0v) is 14.6. The molecular formula is C19H25N3O3. The lowest BCUT2D eigenvalue weighted by atomic mass is 9.89. The summed E-state index contributed by atoms with van der Waals surface area (Å²) in [5.74, 6) is 2.10. The number of benzene rings is 1. The zero-order valence-electron chi connectivity index (χ0n) is 14.6. The summed E-state index contributed by atoms with van der Waals surface area (Å²) >= 11 is 0. The molecule has 1 saturated heterocycles. The molecule has 4 rings (SSSR count). The third-order valence-corrected chi connectivity index (χ3v) is 4.87. The molecule has 0 radical (unpaired) electrons. The molecule has 1 unspecified atom stereocenters. The molecule has 1 aliphatic carbocycles. The van der Waals surface area contributed by atoms with Crippen molar-refractivity contribution in [3.63, 3.8) is 0 Å². The molecule has 0 spiro atoms. The van der Waals surface area contributed by atoms with E-state index in [1.54, 1.807) is 6.92 Å². The van der Waals surface area contributed by atoms with Gasteiger partial charge in [-0.1, -0.05) is 23.4 Å². The van der Waals surface area contributed by atoms with Crippen molar-refractivity contribution in [3.05, 3.63) is 41.5 Å². The topological polar surface area (TPSA) is 71.6 Å². The van der Waals surface area contributed by atoms with Gasteiger partial charge in [-0.3, -0.25) is 4.90 Å². The number of rotatable bonds is 6. The van der Waals surface area contributed by atoms with E-state index in [1.807, 2.05) is 18.2 Å². The second kappa shape index (κ2) is 6.77. The number of likely N-dealkylation sites (tertiary alicyclic amines) is 1. The fraction of sp³-hybridized carbons (Fsp3) is 0.579.